The molecule has 0 saturated heterocycles. The molecule has 0 saturated carbocycles. The molecule has 2 rings (SSSR count). The number of halogens is 1. The summed E-state index contributed by atoms with van der Waals surface area (Å²) in [4.78, 5) is 12.4. The number of nitrogens with one attached hydrogen (secondary N) is 1. The Labute approximate surface area is 172 Å². The highest BCUT2D eigenvalue weighted by Gasteiger charge is 2.10. The number of nitriles is 1. The van der Waals surface area contributed by atoms with Gasteiger partial charge < -0.3 is 14.8 Å². The van der Waals surface area contributed by atoms with Gasteiger partial charge in [-0.25, -0.2) is 0 Å². The minimum absolute atomic E-state index is 0.00280. The molecule has 0 aromatic heterocycles. The molecule has 136 valence electrons. The van der Waals surface area contributed by atoms with Crippen LogP contribution in [0.4, 0.5) is 5.69 Å². The van der Waals surface area contributed by atoms with Crippen LogP contribution >= 0.6 is 22.6 Å². The second-order valence-electron chi connectivity index (χ2n) is 5.26. The van der Waals surface area contributed by atoms with Crippen LogP contribution in [0.2, 0.25) is 0 Å². The van der Waals surface area contributed by atoms with Gasteiger partial charge in [-0.05, 0) is 77.6 Å². The topological polar surface area (TPSA) is 71.3 Å². The van der Waals surface area contributed by atoms with Crippen LogP contribution in [0.25, 0.3) is 6.08 Å². The number of anilines is 1. The lowest BCUT2D eigenvalue weighted by atomic mass is 10.1. The summed E-state index contributed by atoms with van der Waals surface area (Å²) in [6, 6.07) is 14.2. The molecule has 0 heterocycles. The highest BCUT2D eigenvalue weighted by molar-refractivity contribution is 14.1. The molecule has 0 unspecified atom stereocenters. The molecule has 1 amide bonds. The first kappa shape index (κ1) is 20.3. The van der Waals surface area contributed by atoms with Gasteiger partial charge in [-0.1, -0.05) is 12.0 Å². The number of nitrogens with zero attached hydrogens (tertiary/aromatic N) is 1. The van der Waals surface area contributed by atoms with Crippen LogP contribution in [0.3, 0.4) is 0 Å². The van der Waals surface area contributed by atoms with Crippen LogP contribution in [0, 0.1) is 27.2 Å². The summed E-state index contributed by atoms with van der Waals surface area (Å²) in [6.45, 7) is 2.64. The number of hydrogen-bond acceptors (Lipinski definition) is 4. The number of hydrogen-bond donors (Lipinski definition) is 1. The van der Waals surface area contributed by atoms with Crippen LogP contribution in [-0.2, 0) is 4.79 Å². The number of benzene rings is 2. The normalized spacial score (nSPS) is 10.4. The monoisotopic (exact) mass is 472 g/mol. The number of ether oxygens (including phenoxy) is 2. The van der Waals surface area contributed by atoms with Crippen molar-refractivity contribution in [2.24, 2.45) is 0 Å². The van der Waals surface area contributed by atoms with E-state index in [0.717, 1.165) is 3.57 Å². The van der Waals surface area contributed by atoms with Gasteiger partial charge in [-0.15, -0.1) is 6.42 Å². The molecular weight excluding hydrogens is 455 g/mol. The largest absolute Gasteiger partial charge is 0.494 e. The Kier molecular flexibility index (Phi) is 7.72. The van der Waals surface area contributed by atoms with Crippen molar-refractivity contribution in [3.8, 4) is 29.9 Å². The molecule has 0 atom stereocenters. The lowest BCUT2D eigenvalue weighted by Crippen LogP contribution is -2.13. The van der Waals surface area contributed by atoms with Gasteiger partial charge in [-0.2, -0.15) is 5.26 Å². The van der Waals surface area contributed by atoms with Gasteiger partial charge in [-0.3, -0.25) is 4.79 Å². The Balaban J connectivity index is 2.13. The predicted octanol–water partition coefficient (Wildman–Crippen LogP) is 4.25. The summed E-state index contributed by atoms with van der Waals surface area (Å²) in [5.74, 6) is 3.30. The second kappa shape index (κ2) is 10.2. The van der Waals surface area contributed by atoms with E-state index in [2.05, 4.69) is 33.8 Å². The molecule has 0 fully saturated rings. The zero-order chi connectivity index (χ0) is 19.6. The summed E-state index contributed by atoms with van der Waals surface area (Å²) in [7, 11) is 0. The highest BCUT2D eigenvalue weighted by Crippen LogP contribution is 2.23. The van der Waals surface area contributed by atoms with Crippen molar-refractivity contribution < 1.29 is 14.3 Å². The SMILES string of the molecule is C#CCOc1ccc(/C=C(/C#N)C(=O)Nc2ccc(OCC)cc2)cc1I. The van der Waals surface area contributed by atoms with E-state index in [1.54, 1.807) is 36.4 Å². The van der Waals surface area contributed by atoms with E-state index in [9.17, 15) is 10.1 Å². The summed E-state index contributed by atoms with van der Waals surface area (Å²) in [5, 5.41) is 12.0. The van der Waals surface area contributed by atoms with Crippen molar-refractivity contribution in [1.29, 1.82) is 5.26 Å². The number of terminal acetylenes is 1. The molecule has 6 heteroatoms. The zero-order valence-electron chi connectivity index (χ0n) is 14.7. The predicted molar refractivity (Wildman–Crippen MR) is 113 cm³/mol. The Bertz CT molecular complexity index is 922. The summed E-state index contributed by atoms with van der Waals surface area (Å²) in [5.41, 5.74) is 1.29. The van der Waals surface area contributed by atoms with E-state index in [-0.39, 0.29) is 12.2 Å². The molecule has 0 bridgehead atoms. The minimum atomic E-state index is -0.482. The molecule has 27 heavy (non-hydrogen) atoms. The van der Waals surface area contributed by atoms with Crippen molar-refractivity contribution in [1.82, 2.24) is 0 Å². The zero-order valence-corrected chi connectivity index (χ0v) is 16.8. The fraction of sp³-hybridized carbons (Fsp3) is 0.143. The van der Waals surface area contributed by atoms with Crippen molar-refractivity contribution >= 4 is 40.3 Å². The van der Waals surface area contributed by atoms with Gasteiger partial charge in [0.05, 0.1) is 10.2 Å². The minimum Gasteiger partial charge on any atom is -0.494 e. The average Bonchev–Trinajstić information content (AvgIpc) is 2.67. The van der Waals surface area contributed by atoms with Gasteiger partial charge in [0, 0.05) is 5.69 Å². The average molecular weight is 472 g/mol. The number of rotatable bonds is 7. The van der Waals surface area contributed by atoms with Crippen LogP contribution in [-0.4, -0.2) is 19.1 Å². The van der Waals surface area contributed by atoms with Crippen molar-refractivity contribution in [3.05, 3.63) is 57.2 Å². The van der Waals surface area contributed by atoms with E-state index in [1.165, 1.54) is 6.08 Å². The smallest absolute Gasteiger partial charge is 0.266 e. The van der Waals surface area contributed by atoms with Gasteiger partial charge in [0.1, 0.15) is 29.7 Å². The van der Waals surface area contributed by atoms with Crippen molar-refractivity contribution in [2.45, 2.75) is 6.92 Å². The highest BCUT2D eigenvalue weighted by atomic mass is 127. The first-order valence-corrected chi connectivity index (χ1v) is 9.17. The number of carbonyl (C=O) groups excluding carboxylic acids is 1. The number of amides is 1. The van der Waals surface area contributed by atoms with Crippen LogP contribution in [0.1, 0.15) is 12.5 Å². The van der Waals surface area contributed by atoms with Crippen molar-refractivity contribution in [2.75, 3.05) is 18.5 Å². The summed E-state index contributed by atoms with van der Waals surface area (Å²) < 4.78 is 11.6. The Morgan fingerprint density at radius 2 is 2.00 bits per heavy atom. The number of carbonyl (C=O) groups is 1. The maximum Gasteiger partial charge on any atom is 0.266 e. The molecule has 0 aliphatic carbocycles. The molecule has 5 nitrogen and oxygen atoms in total. The van der Waals surface area contributed by atoms with Crippen molar-refractivity contribution in [3.63, 3.8) is 0 Å². The molecular formula is C21H17IN2O3. The van der Waals surface area contributed by atoms with Crippen LogP contribution < -0.4 is 14.8 Å². The first-order valence-electron chi connectivity index (χ1n) is 8.09. The third kappa shape index (κ3) is 6.05. The lowest BCUT2D eigenvalue weighted by molar-refractivity contribution is -0.112. The lowest BCUT2D eigenvalue weighted by Gasteiger charge is -2.08. The molecule has 0 radical (unpaired) electrons. The van der Waals surface area contributed by atoms with E-state index >= 15 is 0 Å². The maximum absolute atomic E-state index is 12.4. The molecule has 2 aromatic carbocycles. The fourth-order valence-corrected chi connectivity index (χ4v) is 2.85. The Hall–Kier alpha value is -2.97. The van der Waals surface area contributed by atoms with E-state index in [0.29, 0.717) is 29.4 Å². The molecule has 0 aliphatic rings. The molecule has 1 N–H and O–H groups in total. The first-order chi connectivity index (χ1) is 13.1. The van der Waals surface area contributed by atoms with Crippen LogP contribution in [0.5, 0.6) is 11.5 Å². The molecule has 0 aliphatic heterocycles. The van der Waals surface area contributed by atoms with Crippen LogP contribution in [0.15, 0.2) is 48.0 Å². The van der Waals surface area contributed by atoms with E-state index in [4.69, 9.17) is 15.9 Å². The maximum atomic E-state index is 12.4. The molecule has 0 spiro atoms. The fourth-order valence-electron chi connectivity index (χ4n) is 2.16. The quantitative estimate of drug-likeness (QED) is 0.283. The summed E-state index contributed by atoms with van der Waals surface area (Å²) >= 11 is 2.11. The third-order valence-corrected chi connectivity index (χ3v) is 4.21. The van der Waals surface area contributed by atoms with Gasteiger partial charge >= 0.3 is 0 Å². The summed E-state index contributed by atoms with van der Waals surface area (Å²) in [6.07, 6.45) is 6.71. The van der Waals surface area contributed by atoms with Gasteiger partial charge in [0.25, 0.3) is 5.91 Å². The second-order valence-corrected chi connectivity index (χ2v) is 6.43. The Morgan fingerprint density at radius 3 is 2.59 bits per heavy atom. The van der Waals surface area contributed by atoms with Gasteiger partial charge in [0.15, 0.2) is 0 Å². The Morgan fingerprint density at radius 1 is 1.26 bits per heavy atom. The third-order valence-electron chi connectivity index (χ3n) is 3.37. The van der Waals surface area contributed by atoms with Gasteiger partial charge in [0.2, 0.25) is 0 Å². The van der Waals surface area contributed by atoms with E-state index < -0.39 is 5.91 Å². The van der Waals surface area contributed by atoms with E-state index in [1.807, 2.05) is 19.1 Å². The molecule has 2 aromatic rings. The standard InChI is InChI=1S/C21H17IN2O3/c1-3-11-27-20-10-5-15(13-19(20)22)12-16(14-23)21(25)24-17-6-8-18(9-7-17)26-4-2/h1,5-10,12-13H,4,11H2,2H3,(H,24,25)/b16-12-.